The molecule has 7 heteroatoms. The first kappa shape index (κ1) is 21.9. The van der Waals surface area contributed by atoms with Gasteiger partial charge in [-0.05, 0) is 50.3 Å². The zero-order valence-corrected chi connectivity index (χ0v) is 19.5. The second kappa shape index (κ2) is 9.12. The molecular weight excluding hydrogens is 416 g/mol. The van der Waals surface area contributed by atoms with Gasteiger partial charge in [0.1, 0.15) is 17.4 Å². The largest absolute Gasteiger partial charge is 0.497 e. The van der Waals surface area contributed by atoms with Crippen LogP contribution in [0.1, 0.15) is 67.1 Å². The summed E-state index contributed by atoms with van der Waals surface area (Å²) >= 11 is 0. The van der Waals surface area contributed by atoms with Crippen LogP contribution in [-0.4, -0.2) is 46.9 Å². The number of carbonyl (C=O) groups is 2. The molecule has 0 spiro atoms. The highest BCUT2D eigenvalue weighted by Gasteiger charge is 2.35. The number of ether oxygens (including phenoxy) is 1. The molecule has 7 nitrogen and oxygen atoms in total. The first-order valence-corrected chi connectivity index (χ1v) is 12.1. The molecule has 174 valence electrons. The van der Waals surface area contributed by atoms with Gasteiger partial charge in [0.15, 0.2) is 0 Å². The van der Waals surface area contributed by atoms with Crippen molar-refractivity contribution in [2.45, 2.75) is 64.3 Å². The fraction of sp³-hybridized carbons (Fsp3) is 0.538. The van der Waals surface area contributed by atoms with Gasteiger partial charge >= 0.3 is 0 Å². The minimum atomic E-state index is 0.0550. The Kier molecular flexibility index (Phi) is 6.04. The zero-order valence-electron chi connectivity index (χ0n) is 19.5. The summed E-state index contributed by atoms with van der Waals surface area (Å²) in [7, 11) is 1.64. The van der Waals surface area contributed by atoms with Gasteiger partial charge in [0.25, 0.3) is 0 Å². The summed E-state index contributed by atoms with van der Waals surface area (Å²) in [6, 6.07) is 7.79. The highest BCUT2D eigenvalue weighted by Crippen LogP contribution is 2.35. The van der Waals surface area contributed by atoms with Crippen molar-refractivity contribution in [3.63, 3.8) is 0 Å². The summed E-state index contributed by atoms with van der Waals surface area (Å²) in [6.45, 7) is 3.98. The van der Waals surface area contributed by atoms with Gasteiger partial charge in [-0.3, -0.25) is 14.5 Å². The Hall–Kier alpha value is -2.96. The maximum absolute atomic E-state index is 12.9. The quantitative estimate of drug-likeness (QED) is 0.696. The highest BCUT2D eigenvalue weighted by molar-refractivity contribution is 6.00. The fourth-order valence-electron chi connectivity index (χ4n) is 5.49. The van der Waals surface area contributed by atoms with E-state index in [0.29, 0.717) is 18.9 Å². The molecule has 0 bridgehead atoms. The minimum absolute atomic E-state index is 0.0550. The Morgan fingerprint density at radius 1 is 1.12 bits per heavy atom. The highest BCUT2D eigenvalue weighted by atomic mass is 16.5. The van der Waals surface area contributed by atoms with E-state index in [1.54, 1.807) is 12.0 Å². The topological polar surface area (TPSA) is 75.6 Å². The number of aryl methyl sites for hydroxylation is 1. The van der Waals surface area contributed by atoms with Gasteiger partial charge in [0.05, 0.1) is 20.1 Å². The van der Waals surface area contributed by atoms with Crippen molar-refractivity contribution in [2.75, 3.05) is 25.1 Å². The molecule has 1 aliphatic carbocycles. The van der Waals surface area contributed by atoms with Crippen LogP contribution < -0.4 is 9.64 Å². The lowest BCUT2D eigenvalue weighted by atomic mass is 9.94. The summed E-state index contributed by atoms with van der Waals surface area (Å²) in [6.07, 6.45) is 6.55. The molecule has 3 heterocycles. The number of carbonyl (C=O) groups excluding carboxylic acids is 2. The summed E-state index contributed by atoms with van der Waals surface area (Å²) in [4.78, 5) is 39.2. The Labute approximate surface area is 195 Å². The maximum atomic E-state index is 12.9. The van der Waals surface area contributed by atoms with E-state index in [2.05, 4.69) is 0 Å². The van der Waals surface area contributed by atoms with Crippen LogP contribution in [0, 0.1) is 12.8 Å². The van der Waals surface area contributed by atoms with Crippen LogP contribution in [0.3, 0.4) is 0 Å². The third-order valence-electron chi connectivity index (χ3n) is 7.45. The number of likely N-dealkylation sites (tertiary alicyclic amines) is 1. The number of hydrogen-bond donors (Lipinski definition) is 0. The third-order valence-corrected chi connectivity index (χ3v) is 7.45. The van der Waals surface area contributed by atoms with E-state index in [1.165, 1.54) is 12.8 Å². The Morgan fingerprint density at radius 2 is 1.88 bits per heavy atom. The van der Waals surface area contributed by atoms with Gasteiger partial charge in [0, 0.05) is 36.2 Å². The van der Waals surface area contributed by atoms with E-state index < -0.39 is 0 Å². The number of aromatic nitrogens is 2. The van der Waals surface area contributed by atoms with E-state index in [1.807, 2.05) is 36.1 Å². The molecule has 2 fully saturated rings. The van der Waals surface area contributed by atoms with Crippen LogP contribution in [-0.2, 0) is 22.6 Å². The molecule has 1 aromatic carbocycles. The van der Waals surface area contributed by atoms with Crippen molar-refractivity contribution in [1.82, 2.24) is 14.9 Å². The molecule has 2 amide bonds. The fourth-order valence-corrected chi connectivity index (χ4v) is 5.49. The Bertz CT molecular complexity index is 1060. The summed E-state index contributed by atoms with van der Waals surface area (Å²) in [5, 5.41) is 0. The average Bonchev–Trinajstić information content (AvgIpc) is 3.48. The molecule has 0 unspecified atom stereocenters. The molecule has 2 aliphatic heterocycles. The maximum Gasteiger partial charge on any atom is 0.233 e. The molecule has 1 saturated carbocycles. The molecule has 33 heavy (non-hydrogen) atoms. The normalized spacial score (nSPS) is 19.3. The number of fused-ring (bicyclic) bond motifs is 1. The number of rotatable bonds is 5. The summed E-state index contributed by atoms with van der Waals surface area (Å²) in [5.41, 5.74) is 2.83. The molecular formula is C26H32N4O3. The number of benzene rings is 1. The summed E-state index contributed by atoms with van der Waals surface area (Å²) in [5.74, 6) is 3.18. The monoisotopic (exact) mass is 448 g/mol. The number of methoxy groups -OCH3 is 1. The first-order chi connectivity index (χ1) is 16.0. The molecule has 0 N–H and O–H groups in total. The molecule has 1 saturated heterocycles. The molecule has 1 aromatic heterocycles. The number of hydrogen-bond acceptors (Lipinski definition) is 5. The Morgan fingerprint density at radius 3 is 2.61 bits per heavy atom. The van der Waals surface area contributed by atoms with E-state index in [0.717, 1.165) is 73.0 Å². The van der Waals surface area contributed by atoms with Crippen molar-refractivity contribution in [3.05, 3.63) is 46.9 Å². The third kappa shape index (κ3) is 4.33. The van der Waals surface area contributed by atoms with E-state index >= 15 is 0 Å². The molecule has 0 radical (unpaired) electrons. The smallest absolute Gasteiger partial charge is 0.233 e. The van der Waals surface area contributed by atoms with Crippen LogP contribution >= 0.6 is 0 Å². The number of nitrogens with zero attached hydrogens (tertiary/aromatic N) is 4. The van der Waals surface area contributed by atoms with Crippen molar-refractivity contribution in [2.24, 2.45) is 5.92 Å². The van der Waals surface area contributed by atoms with Crippen LogP contribution in [0.25, 0.3) is 0 Å². The van der Waals surface area contributed by atoms with Crippen LogP contribution in [0.2, 0.25) is 0 Å². The van der Waals surface area contributed by atoms with E-state index in [9.17, 15) is 9.59 Å². The molecule has 3 aliphatic rings. The number of amides is 2. The second-order valence-electron chi connectivity index (χ2n) is 9.56. The SMILES string of the molecule is COc1cccc(CN2C(=O)Cc3c(C)nc(C4CCN(C(=O)C5CCCC5)CC4)nc32)c1. The summed E-state index contributed by atoms with van der Waals surface area (Å²) < 4.78 is 5.33. The average molecular weight is 449 g/mol. The van der Waals surface area contributed by atoms with Crippen LogP contribution in [0.4, 0.5) is 5.82 Å². The molecule has 0 atom stereocenters. The standard InChI is InChI=1S/C26H32N4O3/c1-17-22-15-23(31)30(16-18-6-5-9-21(14-18)33-2)25(22)28-24(27-17)19-10-12-29(13-11-19)26(32)20-7-3-4-8-20/h5-6,9,14,19-20H,3-4,7-8,10-13,15-16H2,1-2H3. The van der Waals surface area contributed by atoms with Gasteiger partial charge < -0.3 is 9.64 Å². The van der Waals surface area contributed by atoms with Gasteiger partial charge in [-0.25, -0.2) is 9.97 Å². The van der Waals surface area contributed by atoms with Crippen molar-refractivity contribution < 1.29 is 14.3 Å². The predicted molar refractivity (Wildman–Crippen MR) is 125 cm³/mol. The molecule has 2 aromatic rings. The van der Waals surface area contributed by atoms with Gasteiger partial charge in [-0.15, -0.1) is 0 Å². The van der Waals surface area contributed by atoms with Gasteiger partial charge in [-0.1, -0.05) is 25.0 Å². The lowest BCUT2D eigenvalue weighted by Gasteiger charge is -2.33. The van der Waals surface area contributed by atoms with Crippen LogP contribution in [0.15, 0.2) is 24.3 Å². The van der Waals surface area contributed by atoms with Crippen LogP contribution in [0.5, 0.6) is 5.75 Å². The number of piperidine rings is 1. The van der Waals surface area contributed by atoms with Crippen molar-refractivity contribution >= 4 is 17.6 Å². The van der Waals surface area contributed by atoms with Crippen molar-refractivity contribution in [3.8, 4) is 5.75 Å². The van der Waals surface area contributed by atoms with E-state index in [4.69, 9.17) is 14.7 Å². The van der Waals surface area contributed by atoms with Gasteiger partial charge in [-0.2, -0.15) is 0 Å². The molecule has 5 rings (SSSR count). The van der Waals surface area contributed by atoms with Crippen molar-refractivity contribution in [1.29, 1.82) is 0 Å². The Balaban J connectivity index is 1.32. The zero-order chi connectivity index (χ0) is 22.9. The first-order valence-electron chi connectivity index (χ1n) is 12.1. The lowest BCUT2D eigenvalue weighted by molar-refractivity contribution is -0.136. The van der Waals surface area contributed by atoms with E-state index in [-0.39, 0.29) is 17.7 Å². The number of anilines is 1. The van der Waals surface area contributed by atoms with Gasteiger partial charge in [0.2, 0.25) is 11.8 Å². The lowest BCUT2D eigenvalue weighted by Crippen LogP contribution is -2.41. The minimum Gasteiger partial charge on any atom is -0.497 e. The predicted octanol–water partition coefficient (Wildman–Crippen LogP) is 3.78. The second-order valence-corrected chi connectivity index (χ2v) is 9.56.